The van der Waals surface area contributed by atoms with Gasteiger partial charge in [0.05, 0.1) is 27.8 Å². The number of aryl methyl sites for hydroxylation is 1. The first-order valence-electron chi connectivity index (χ1n) is 13.7. The molecule has 1 fully saturated rings. The third kappa shape index (κ3) is 4.20. The maximum atomic E-state index is 17.1. The standard InChI is InChI=1S/C31H29ClFN5O4/c1-5-21(40)36-12-13-37-18(14-36)15-42-29-23-28(25(33)22(24(29)32)19-8-6-7-9-20(19)39)38(31(41)35-30(23)37)27-17(4)10-11-34-26(27)16(2)3/h5-11,16,18,39H,1,12-15H2,2-4H3. The number of piperazine rings is 1. The molecule has 4 heterocycles. The molecule has 1 amide bonds. The van der Waals surface area contributed by atoms with Gasteiger partial charge in [-0.3, -0.25) is 14.3 Å². The highest BCUT2D eigenvalue weighted by Gasteiger charge is 2.38. The predicted molar refractivity (Wildman–Crippen MR) is 159 cm³/mol. The number of pyridine rings is 1. The van der Waals surface area contributed by atoms with E-state index in [1.807, 2.05) is 25.7 Å². The van der Waals surface area contributed by atoms with Crippen molar-refractivity contribution >= 4 is 34.2 Å². The summed E-state index contributed by atoms with van der Waals surface area (Å²) in [7, 11) is 0. The smallest absolute Gasteiger partial charge is 0.354 e. The minimum atomic E-state index is -0.804. The van der Waals surface area contributed by atoms with Crippen molar-refractivity contribution in [2.45, 2.75) is 32.7 Å². The van der Waals surface area contributed by atoms with Gasteiger partial charge in [0.2, 0.25) is 5.91 Å². The van der Waals surface area contributed by atoms with E-state index in [2.05, 4.69) is 16.5 Å². The molecule has 9 nitrogen and oxygen atoms in total. The topological polar surface area (TPSA) is 101 Å². The summed E-state index contributed by atoms with van der Waals surface area (Å²) in [4.78, 5) is 39.1. The number of benzene rings is 2. The Labute approximate surface area is 246 Å². The maximum Gasteiger partial charge on any atom is 0.354 e. The second kappa shape index (κ2) is 10.4. The number of para-hydroxylation sites is 1. The zero-order valence-electron chi connectivity index (χ0n) is 23.4. The number of hydrogen-bond donors (Lipinski definition) is 1. The second-order valence-electron chi connectivity index (χ2n) is 10.8. The molecule has 4 aromatic rings. The molecule has 1 atom stereocenters. The highest BCUT2D eigenvalue weighted by Crippen LogP contribution is 2.49. The average Bonchev–Trinajstić information content (AvgIpc) is 3.13. The molecule has 0 spiro atoms. The molecule has 6 rings (SSSR count). The van der Waals surface area contributed by atoms with Crippen LogP contribution in [0.5, 0.6) is 11.5 Å². The van der Waals surface area contributed by atoms with Gasteiger partial charge in [-0.2, -0.15) is 4.98 Å². The fourth-order valence-electron chi connectivity index (χ4n) is 5.91. The van der Waals surface area contributed by atoms with Crippen molar-refractivity contribution in [3.05, 3.63) is 81.8 Å². The molecule has 2 aliphatic rings. The largest absolute Gasteiger partial charge is 0.507 e. The third-order valence-corrected chi connectivity index (χ3v) is 8.27. The van der Waals surface area contributed by atoms with Crippen molar-refractivity contribution in [2.24, 2.45) is 0 Å². The Hall–Kier alpha value is -4.44. The minimum Gasteiger partial charge on any atom is -0.507 e. The summed E-state index contributed by atoms with van der Waals surface area (Å²) in [6.45, 7) is 10.4. The Morgan fingerprint density at radius 1 is 1.26 bits per heavy atom. The van der Waals surface area contributed by atoms with Gasteiger partial charge < -0.3 is 19.6 Å². The number of rotatable bonds is 4. The average molecular weight is 590 g/mol. The first kappa shape index (κ1) is 27.7. The van der Waals surface area contributed by atoms with Crippen LogP contribution >= 0.6 is 11.6 Å². The lowest BCUT2D eigenvalue weighted by Crippen LogP contribution is -2.56. The fraction of sp³-hybridized carbons (Fsp3) is 0.290. The lowest BCUT2D eigenvalue weighted by Gasteiger charge is -2.40. The van der Waals surface area contributed by atoms with Crippen molar-refractivity contribution in [2.75, 3.05) is 31.1 Å². The number of fused-ring (bicyclic) bond motifs is 2. The zero-order chi connectivity index (χ0) is 29.9. The predicted octanol–water partition coefficient (Wildman–Crippen LogP) is 4.97. The van der Waals surface area contributed by atoms with Gasteiger partial charge in [-0.05, 0) is 36.6 Å². The molecule has 2 aliphatic heterocycles. The van der Waals surface area contributed by atoms with Gasteiger partial charge in [-0.15, -0.1) is 0 Å². The molecule has 1 unspecified atom stereocenters. The first-order valence-corrected chi connectivity index (χ1v) is 14.0. The SMILES string of the molecule is C=CC(=O)N1CCN2c3nc(=O)n(-c4c(C)ccnc4C(C)C)c4c(F)c(-c5ccccc5O)c(Cl)c(c34)OCC2C1. The van der Waals surface area contributed by atoms with Gasteiger partial charge in [0.25, 0.3) is 0 Å². The van der Waals surface area contributed by atoms with Crippen LogP contribution in [-0.2, 0) is 4.79 Å². The lowest BCUT2D eigenvalue weighted by atomic mass is 9.99. The van der Waals surface area contributed by atoms with Crippen molar-refractivity contribution in [1.29, 1.82) is 0 Å². The summed E-state index contributed by atoms with van der Waals surface area (Å²) in [6.07, 6.45) is 2.91. The van der Waals surface area contributed by atoms with E-state index >= 15 is 4.39 Å². The molecule has 42 heavy (non-hydrogen) atoms. The molecule has 2 aromatic heterocycles. The monoisotopic (exact) mass is 589 g/mol. The van der Waals surface area contributed by atoms with E-state index in [-0.39, 0.29) is 75.4 Å². The Balaban J connectivity index is 1.74. The summed E-state index contributed by atoms with van der Waals surface area (Å²) in [5, 5.41) is 10.9. The Morgan fingerprint density at radius 2 is 2.02 bits per heavy atom. The van der Waals surface area contributed by atoms with Crippen LogP contribution in [0.3, 0.4) is 0 Å². The number of phenolic OH excluding ortho intramolecular Hbond substituents is 1. The Bertz CT molecular complexity index is 1840. The molecule has 1 saturated heterocycles. The number of carbonyl (C=O) groups excluding carboxylic acids is 1. The number of phenols is 1. The van der Waals surface area contributed by atoms with Gasteiger partial charge in [0.15, 0.2) is 11.6 Å². The van der Waals surface area contributed by atoms with Crippen LogP contribution in [0.2, 0.25) is 5.02 Å². The molecule has 2 aromatic carbocycles. The van der Waals surface area contributed by atoms with Crippen molar-refractivity contribution in [1.82, 2.24) is 19.4 Å². The molecule has 11 heteroatoms. The van der Waals surface area contributed by atoms with E-state index in [1.54, 1.807) is 35.4 Å². The summed E-state index contributed by atoms with van der Waals surface area (Å²) >= 11 is 6.93. The number of carbonyl (C=O) groups is 1. The highest BCUT2D eigenvalue weighted by molar-refractivity contribution is 6.36. The molecular formula is C31H29ClFN5O4. The fourth-order valence-corrected chi connectivity index (χ4v) is 6.24. The highest BCUT2D eigenvalue weighted by atomic mass is 35.5. The number of anilines is 1. The van der Waals surface area contributed by atoms with Gasteiger partial charge in [0, 0.05) is 37.0 Å². The van der Waals surface area contributed by atoms with Crippen LogP contribution < -0.4 is 15.3 Å². The van der Waals surface area contributed by atoms with Gasteiger partial charge in [-0.1, -0.05) is 50.2 Å². The molecule has 1 N–H and O–H groups in total. The first-order chi connectivity index (χ1) is 20.1. The van der Waals surface area contributed by atoms with Crippen molar-refractivity contribution in [3.8, 4) is 28.3 Å². The number of halogens is 2. The van der Waals surface area contributed by atoms with Crippen molar-refractivity contribution in [3.63, 3.8) is 0 Å². The van der Waals surface area contributed by atoms with E-state index in [4.69, 9.17) is 16.3 Å². The normalized spacial score (nSPS) is 16.3. The Kier molecular flexibility index (Phi) is 6.89. The summed E-state index contributed by atoms with van der Waals surface area (Å²) in [5.74, 6) is -0.928. The van der Waals surface area contributed by atoms with Crippen LogP contribution in [0.25, 0.3) is 27.7 Å². The van der Waals surface area contributed by atoms with Crippen LogP contribution in [0.15, 0.2) is 54.0 Å². The van der Waals surface area contributed by atoms with E-state index in [0.29, 0.717) is 30.0 Å². The third-order valence-electron chi connectivity index (χ3n) is 7.91. The molecule has 0 radical (unpaired) electrons. The second-order valence-corrected chi connectivity index (χ2v) is 11.2. The number of nitrogens with zero attached hydrogens (tertiary/aromatic N) is 5. The van der Waals surface area contributed by atoms with E-state index in [0.717, 1.165) is 0 Å². The molecule has 0 saturated carbocycles. The molecule has 0 aliphatic carbocycles. The molecule has 216 valence electrons. The molecular weight excluding hydrogens is 561 g/mol. The van der Waals surface area contributed by atoms with Crippen molar-refractivity contribution < 1.29 is 19.0 Å². The van der Waals surface area contributed by atoms with Crippen LogP contribution in [-0.4, -0.2) is 62.7 Å². The summed E-state index contributed by atoms with van der Waals surface area (Å²) in [6, 6.07) is 7.64. The zero-order valence-corrected chi connectivity index (χ0v) is 24.2. The van der Waals surface area contributed by atoms with Gasteiger partial charge >= 0.3 is 5.69 Å². The number of amides is 1. The van der Waals surface area contributed by atoms with Gasteiger partial charge in [0.1, 0.15) is 23.7 Å². The summed E-state index contributed by atoms with van der Waals surface area (Å²) in [5.41, 5.74) is 1.00. The number of aromatic nitrogens is 3. The summed E-state index contributed by atoms with van der Waals surface area (Å²) < 4.78 is 24.7. The van der Waals surface area contributed by atoms with E-state index in [1.165, 1.54) is 16.7 Å². The lowest BCUT2D eigenvalue weighted by molar-refractivity contribution is -0.126. The number of aromatic hydroxyl groups is 1. The number of hydrogen-bond acceptors (Lipinski definition) is 7. The number of ether oxygens (including phenoxy) is 1. The quantitative estimate of drug-likeness (QED) is 0.335. The van der Waals surface area contributed by atoms with Crippen LogP contribution in [0, 0.1) is 12.7 Å². The minimum absolute atomic E-state index is 0.0550. The maximum absolute atomic E-state index is 17.1. The molecule has 0 bridgehead atoms. The van der Waals surface area contributed by atoms with Crippen LogP contribution in [0.1, 0.15) is 31.0 Å². The van der Waals surface area contributed by atoms with E-state index < -0.39 is 11.5 Å². The van der Waals surface area contributed by atoms with E-state index in [9.17, 15) is 14.7 Å². The Morgan fingerprint density at radius 3 is 2.74 bits per heavy atom. The van der Waals surface area contributed by atoms with Crippen LogP contribution in [0.4, 0.5) is 10.2 Å². The van der Waals surface area contributed by atoms with Gasteiger partial charge in [-0.25, -0.2) is 9.18 Å².